The van der Waals surface area contributed by atoms with Gasteiger partial charge in [-0.3, -0.25) is 9.59 Å². The predicted octanol–water partition coefficient (Wildman–Crippen LogP) is 2.81. The van der Waals surface area contributed by atoms with Crippen molar-refractivity contribution in [1.82, 2.24) is 4.90 Å². The molecule has 1 rings (SSSR count). The van der Waals surface area contributed by atoms with E-state index in [1.54, 1.807) is 41.3 Å². The molecule has 0 unspecified atom stereocenters. The third-order valence-corrected chi connectivity index (χ3v) is 3.60. The van der Waals surface area contributed by atoms with E-state index >= 15 is 0 Å². The molecule has 0 aromatic heterocycles. The minimum atomic E-state index is -0.616. The fourth-order valence-corrected chi connectivity index (χ4v) is 2.04. The third kappa shape index (κ3) is 5.35. The van der Waals surface area contributed by atoms with Gasteiger partial charge < -0.3 is 16.0 Å². The Labute approximate surface area is 144 Å². The Bertz CT molecular complexity index is 590. The molecule has 0 aliphatic carbocycles. The average Bonchev–Trinajstić information content (AvgIpc) is 2.53. The van der Waals surface area contributed by atoms with Crippen LogP contribution in [0.4, 0.5) is 5.69 Å². The van der Waals surface area contributed by atoms with Crippen molar-refractivity contribution in [2.24, 2.45) is 11.1 Å². The summed E-state index contributed by atoms with van der Waals surface area (Å²) in [5.41, 5.74) is 6.76. The number of hydrogen-bond acceptors (Lipinski definition) is 3. The van der Waals surface area contributed by atoms with E-state index in [4.69, 9.17) is 5.73 Å². The topological polar surface area (TPSA) is 75.4 Å². The first kappa shape index (κ1) is 19.6. The molecule has 130 valence electrons. The summed E-state index contributed by atoms with van der Waals surface area (Å²) < 4.78 is 0. The van der Waals surface area contributed by atoms with E-state index in [1.807, 2.05) is 20.8 Å². The summed E-state index contributed by atoms with van der Waals surface area (Å²) in [6.45, 7) is 13.9. The van der Waals surface area contributed by atoms with Crippen LogP contribution < -0.4 is 11.1 Å². The van der Waals surface area contributed by atoms with E-state index in [0.29, 0.717) is 24.3 Å². The smallest absolute Gasteiger partial charge is 0.254 e. The minimum Gasteiger partial charge on any atom is -0.331 e. The highest BCUT2D eigenvalue weighted by Crippen LogP contribution is 2.19. The van der Waals surface area contributed by atoms with E-state index < -0.39 is 6.04 Å². The zero-order chi connectivity index (χ0) is 18.3. The van der Waals surface area contributed by atoms with Gasteiger partial charge in [0, 0.05) is 24.3 Å². The second-order valence-corrected chi connectivity index (χ2v) is 6.70. The highest BCUT2D eigenvalue weighted by atomic mass is 16.2. The van der Waals surface area contributed by atoms with Crippen molar-refractivity contribution >= 4 is 17.5 Å². The van der Waals surface area contributed by atoms with Crippen LogP contribution >= 0.6 is 0 Å². The van der Waals surface area contributed by atoms with Crippen LogP contribution in [0, 0.1) is 5.41 Å². The largest absolute Gasteiger partial charge is 0.331 e. The number of nitrogens with one attached hydrogen (secondary N) is 1. The molecule has 0 bridgehead atoms. The van der Waals surface area contributed by atoms with Crippen molar-refractivity contribution < 1.29 is 9.59 Å². The molecule has 0 saturated carbocycles. The summed E-state index contributed by atoms with van der Waals surface area (Å²) in [5, 5.41) is 2.77. The van der Waals surface area contributed by atoms with Gasteiger partial charge in [0.05, 0.1) is 6.04 Å². The fraction of sp³-hybridized carbons (Fsp3) is 0.368. The predicted molar refractivity (Wildman–Crippen MR) is 98.8 cm³/mol. The molecule has 0 fully saturated rings. The Hall–Kier alpha value is -2.40. The molecule has 0 spiro atoms. The highest BCUT2D eigenvalue weighted by molar-refractivity contribution is 5.97. The molecule has 5 heteroatoms. The second-order valence-electron chi connectivity index (χ2n) is 6.70. The van der Waals surface area contributed by atoms with Gasteiger partial charge in [-0.05, 0) is 29.7 Å². The van der Waals surface area contributed by atoms with Gasteiger partial charge in [0.2, 0.25) is 5.91 Å². The molecular formula is C19H27N3O2. The molecule has 5 nitrogen and oxygen atoms in total. The minimum absolute atomic E-state index is 0.112. The summed E-state index contributed by atoms with van der Waals surface area (Å²) in [7, 11) is 0. The molecule has 0 saturated heterocycles. The lowest BCUT2D eigenvalue weighted by Crippen LogP contribution is -2.45. The second kappa shape index (κ2) is 8.45. The van der Waals surface area contributed by atoms with E-state index in [1.165, 1.54) is 0 Å². The third-order valence-electron chi connectivity index (χ3n) is 3.60. The first-order valence-electron chi connectivity index (χ1n) is 7.88. The maximum absolute atomic E-state index is 12.4. The van der Waals surface area contributed by atoms with Crippen molar-refractivity contribution in [2.75, 3.05) is 18.4 Å². The van der Waals surface area contributed by atoms with Gasteiger partial charge in [-0.25, -0.2) is 0 Å². The monoisotopic (exact) mass is 329 g/mol. The number of benzene rings is 1. The van der Waals surface area contributed by atoms with Gasteiger partial charge in [-0.15, -0.1) is 13.2 Å². The quantitative estimate of drug-likeness (QED) is 0.755. The van der Waals surface area contributed by atoms with Gasteiger partial charge in [0.15, 0.2) is 0 Å². The maximum Gasteiger partial charge on any atom is 0.254 e. The number of nitrogens with zero attached hydrogens (tertiary/aromatic N) is 1. The maximum atomic E-state index is 12.4. The lowest BCUT2D eigenvalue weighted by atomic mass is 9.87. The molecule has 3 N–H and O–H groups in total. The Kier molecular flexibility index (Phi) is 6.92. The van der Waals surface area contributed by atoms with Crippen LogP contribution in [0.3, 0.4) is 0 Å². The molecule has 24 heavy (non-hydrogen) atoms. The lowest BCUT2D eigenvalue weighted by molar-refractivity contribution is -0.119. The zero-order valence-electron chi connectivity index (χ0n) is 14.7. The molecule has 0 radical (unpaired) electrons. The van der Waals surface area contributed by atoms with Crippen LogP contribution in [0.15, 0.2) is 49.6 Å². The molecule has 1 aromatic carbocycles. The van der Waals surface area contributed by atoms with E-state index in [2.05, 4.69) is 18.5 Å². The molecular weight excluding hydrogens is 302 g/mol. The Balaban J connectivity index is 2.81. The van der Waals surface area contributed by atoms with Gasteiger partial charge in [-0.2, -0.15) is 0 Å². The molecule has 0 heterocycles. The Morgan fingerprint density at radius 3 is 2.08 bits per heavy atom. The van der Waals surface area contributed by atoms with Crippen LogP contribution in [0.5, 0.6) is 0 Å². The molecule has 0 aliphatic rings. The van der Waals surface area contributed by atoms with Gasteiger partial charge in [0.1, 0.15) is 0 Å². The van der Waals surface area contributed by atoms with E-state index in [9.17, 15) is 9.59 Å². The summed E-state index contributed by atoms with van der Waals surface area (Å²) in [6.07, 6.45) is 3.34. The molecule has 1 atom stereocenters. The van der Waals surface area contributed by atoms with Crippen molar-refractivity contribution in [3.63, 3.8) is 0 Å². The number of carbonyl (C=O) groups is 2. The average molecular weight is 329 g/mol. The van der Waals surface area contributed by atoms with Gasteiger partial charge in [-0.1, -0.05) is 32.9 Å². The number of anilines is 1. The SMILES string of the molecule is C=CCN(CC=C)C(=O)c1ccc(NC(=O)[C@@H](N)C(C)(C)C)cc1. The fourth-order valence-electron chi connectivity index (χ4n) is 2.04. The van der Waals surface area contributed by atoms with Crippen LogP contribution in [0.1, 0.15) is 31.1 Å². The van der Waals surface area contributed by atoms with Gasteiger partial charge >= 0.3 is 0 Å². The van der Waals surface area contributed by atoms with Gasteiger partial charge in [0.25, 0.3) is 5.91 Å². The molecule has 0 aliphatic heterocycles. The lowest BCUT2D eigenvalue weighted by Gasteiger charge is -2.25. The van der Waals surface area contributed by atoms with E-state index in [0.717, 1.165) is 0 Å². The van der Waals surface area contributed by atoms with Crippen molar-refractivity contribution in [3.8, 4) is 0 Å². The summed E-state index contributed by atoms with van der Waals surface area (Å²) >= 11 is 0. The first-order valence-corrected chi connectivity index (χ1v) is 7.88. The Morgan fingerprint density at radius 2 is 1.67 bits per heavy atom. The van der Waals surface area contributed by atoms with Crippen LogP contribution in [-0.4, -0.2) is 35.8 Å². The van der Waals surface area contributed by atoms with Crippen molar-refractivity contribution in [2.45, 2.75) is 26.8 Å². The molecule has 1 aromatic rings. The Morgan fingerprint density at radius 1 is 1.17 bits per heavy atom. The summed E-state index contributed by atoms with van der Waals surface area (Å²) in [6, 6.07) is 6.13. The highest BCUT2D eigenvalue weighted by Gasteiger charge is 2.27. The van der Waals surface area contributed by atoms with E-state index in [-0.39, 0.29) is 17.2 Å². The van der Waals surface area contributed by atoms with Crippen molar-refractivity contribution in [1.29, 1.82) is 0 Å². The number of rotatable bonds is 7. The number of amides is 2. The number of carbonyl (C=O) groups excluding carboxylic acids is 2. The summed E-state index contributed by atoms with van der Waals surface area (Å²) in [4.78, 5) is 26.2. The molecule has 2 amide bonds. The number of hydrogen-bond donors (Lipinski definition) is 2. The van der Waals surface area contributed by atoms with Crippen molar-refractivity contribution in [3.05, 3.63) is 55.1 Å². The zero-order valence-corrected chi connectivity index (χ0v) is 14.7. The number of nitrogens with two attached hydrogens (primary N) is 1. The summed E-state index contributed by atoms with van der Waals surface area (Å²) in [5.74, 6) is -0.361. The van der Waals surface area contributed by atoms with Crippen LogP contribution in [-0.2, 0) is 4.79 Å². The first-order chi connectivity index (χ1) is 11.2. The standard InChI is InChI=1S/C19H27N3O2/c1-6-12-22(13-7-2)18(24)14-8-10-15(11-9-14)21-17(23)16(20)19(3,4)5/h6-11,16H,1-2,12-13,20H2,3-5H3,(H,21,23)/t16-/m1/s1. The van der Waals surface area contributed by atoms with Crippen LogP contribution in [0.25, 0.3) is 0 Å². The van der Waals surface area contributed by atoms with Crippen LogP contribution in [0.2, 0.25) is 0 Å². The normalized spacial score (nSPS) is 12.2.